The van der Waals surface area contributed by atoms with Crippen molar-refractivity contribution in [2.45, 2.75) is 19.1 Å². The number of likely N-dealkylation sites (tertiary alicyclic amines) is 1. The number of amides is 1. The molecule has 1 saturated carbocycles. The molecule has 2 fully saturated rings. The summed E-state index contributed by atoms with van der Waals surface area (Å²) in [4.78, 5) is 24.5. The van der Waals surface area contributed by atoms with Gasteiger partial charge in [0.1, 0.15) is 12.6 Å². The minimum Gasteiger partial charge on any atom is -0.480 e. The number of carboxylic acid groups (broad SMARTS) is 1. The third kappa shape index (κ3) is 2.28. The van der Waals surface area contributed by atoms with Crippen LogP contribution in [0.4, 0.5) is 4.79 Å². The Bertz CT molecular complexity index is 501. The van der Waals surface area contributed by atoms with Gasteiger partial charge in [0, 0.05) is 6.54 Å². The average molecular weight is 261 g/mol. The van der Waals surface area contributed by atoms with Crippen LogP contribution < -0.4 is 0 Å². The normalized spacial score (nSPS) is 27.8. The highest BCUT2D eigenvalue weighted by atomic mass is 16.6. The van der Waals surface area contributed by atoms with Gasteiger partial charge in [-0.3, -0.25) is 4.90 Å². The van der Waals surface area contributed by atoms with Gasteiger partial charge < -0.3 is 9.84 Å². The smallest absolute Gasteiger partial charge is 0.410 e. The molecule has 2 aliphatic rings. The quantitative estimate of drug-likeness (QED) is 0.899. The summed E-state index contributed by atoms with van der Waals surface area (Å²) in [6, 6.07) is 8.66. The fourth-order valence-corrected chi connectivity index (χ4v) is 2.77. The van der Waals surface area contributed by atoms with E-state index in [1.165, 1.54) is 4.90 Å². The molecule has 19 heavy (non-hydrogen) atoms. The van der Waals surface area contributed by atoms with Crippen LogP contribution in [0.3, 0.4) is 0 Å². The van der Waals surface area contributed by atoms with Crippen molar-refractivity contribution in [1.29, 1.82) is 0 Å². The topological polar surface area (TPSA) is 66.8 Å². The molecule has 1 aromatic carbocycles. The maximum absolute atomic E-state index is 11.9. The van der Waals surface area contributed by atoms with Gasteiger partial charge in [-0.2, -0.15) is 0 Å². The predicted octanol–water partition coefficient (Wildman–Crippen LogP) is 1.73. The molecule has 1 aliphatic heterocycles. The second kappa shape index (κ2) is 4.57. The van der Waals surface area contributed by atoms with Crippen molar-refractivity contribution in [3.63, 3.8) is 0 Å². The number of aliphatic carboxylic acids is 1. The van der Waals surface area contributed by atoms with Gasteiger partial charge in [0.25, 0.3) is 0 Å². The maximum Gasteiger partial charge on any atom is 0.410 e. The average Bonchev–Trinajstić information content (AvgIpc) is 3.07. The Balaban J connectivity index is 1.60. The molecule has 1 unspecified atom stereocenters. The molecule has 5 heteroatoms. The Morgan fingerprint density at radius 2 is 2.05 bits per heavy atom. The van der Waals surface area contributed by atoms with Crippen LogP contribution in [0.15, 0.2) is 30.3 Å². The molecule has 1 aromatic rings. The van der Waals surface area contributed by atoms with E-state index in [4.69, 9.17) is 9.84 Å². The zero-order valence-corrected chi connectivity index (χ0v) is 10.4. The minimum absolute atomic E-state index is 0.127. The number of carboxylic acids is 1. The standard InChI is InChI=1S/C14H15NO4/c16-13(17)12-11-6-10(11)7-15(12)14(18)19-8-9-4-2-1-3-5-9/h1-5,10-12H,6-8H2,(H,16,17)/t10?,11-,12-/m0/s1. The van der Waals surface area contributed by atoms with Crippen LogP contribution in [0.25, 0.3) is 0 Å². The van der Waals surface area contributed by atoms with E-state index in [2.05, 4.69) is 0 Å². The lowest BCUT2D eigenvalue weighted by atomic mass is 10.2. The highest BCUT2D eigenvalue weighted by Crippen LogP contribution is 2.49. The van der Waals surface area contributed by atoms with Gasteiger partial charge >= 0.3 is 12.1 Å². The summed E-state index contributed by atoms with van der Waals surface area (Å²) >= 11 is 0. The highest BCUT2D eigenvalue weighted by molar-refractivity contribution is 5.82. The second-order valence-corrected chi connectivity index (χ2v) is 5.14. The van der Waals surface area contributed by atoms with Crippen molar-refractivity contribution in [1.82, 2.24) is 4.90 Å². The predicted molar refractivity (Wildman–Crippen MR) is 66.4 cm³/mol. The Morgan fingerprint density at radius 1 is 1.32 bits per heavy atom. The van der Waals surface area contributed by atoms with Crippen molar-refractivity contribution in [2.24, 2.45) is 11.8 Å². The largest absolute Gasteiger partial charge is 0.480 e. The number of rotatable bonds is 3. The molecule has 1 saturated heterocycles. The van der Waals surface area contributed by atoms with Crippen molar-refractivity contribution < 1.29 is 19.4 Å². The maximum atomic E-state index is 11.9. The lowest BCUT2D eigenvalue weighted by Crippen LogP contribution is -2.43. The Hall–Kier alpha value is -2.04. The van der Waals surface area contributed by atoms with Crippen molar-refractivity contribution in [3.8, 4) is 0 Å². The number of ether oxygens (including phenoxy) is 1. The Labute approximate surface area is 110 Å². The number of piperidine rings is 1. The molecule has 0 bridgehead atoms. The molecule has 1 N–H and O–H groups in total. The lowest BCUT2D eigenvalue weighted by Gasteiger charge is -2.23. The third-order valence-corrected chi connectivity index (χ3v) is 3.84. The number of hydrogen-bond donors (Lipinski definition) is 1. The first-order valence-electron chi connectivity index (χ1n) is 6.37. The number of carbonyl (C=O) groups is 2. The van der Waals surface area contributed by atoms with Crippen LogP contribution in [0.1, 0.15) is 12.0 Å². The van der Waals surface area contributed by atoms with E-state index >= 15 is 0 Å². The first kappa shape index (κ1) is 12.0. The van der Waals surface area contributed by atoms with Gasteiger partial charge in [-0.1, -0.05) is 30.3 Å². The van der Waals surface area contributed by atoms with Crippen LogP contribution in [0, 0.1) is 11.8 Å². The number of benzene rings is 1. The zero-order valence-electron chi connectivity index (χ0n) is 10.4. The number of hydrogen-bond acceptors (Lipinski definition) is 3. The van der Waals surface area contributed by atoms with Crippen LogP contribution >= 0.6 is 0 Å². The molecule has 3 rings (SSSR count). The van der Waals surface area contributed by atoms with Crippen LogP contribution in [-0.4, -0.2) is 34.7 Å². The monoisotopic (exact) mass is 261 g/mol. The number of carbonyl (C=O) groups excluding carboxylic acids is 1. The van der Waals surface area contributed by atoms with Gasteiger partial charge in [-0.15, -0.1) is 0 Å². The highest BCUT2D eigenvalue weighted by Gasteiger charge is 2.57. The summed E-state index contributed by atoms with van der Waals surface area (Å²) in [6.07, 6.45) is 0.392. The summed E-state index contributed by atoms with van der Waals surface area (Å²) in [7, 11) is 0. The molecule has 5 nitrogen and oxygen atoms in total. The van der Waals surface area contributed by atoms with E-state index in [0.29, 0.717) is 12.5 Å². The molecule has 3 atom stereocenters. The van der Waals surface area contributed by atoms with Gasteiger partial charge in [0.15, 0.2) is 0 Å². The van der Waals surface area contributed by atoms with E-state index < -0.39 is 18.1 Å². The van der Waals surface area contributed by atoms with Crippen LogP contribution in [-0.2, 0) is 16.1 Å². The van der Waals surface area contributed by atoms with Crippen LogP contribution in [0.2, 0.25) is 0 Å². The van der Waals surface area contributed by atoms with Gasteiger partial charge in [-0.25, -0.2) is 9.59 Å². The fourth-order valence-electron chi connectivity index (χ4n) is 2.77. The Morgan fingerprint density at radius 3 is 2.74 bits per heavy atom. The molecule has 1 aliphatic carbocycles. The molecular formula is C14H15NO4. The summed E-state index contributed by atoms with van der Waals surface area (Å²) in [5, 5.41) is 9.17. The molecule has 100 valence electrons. The van der Waals surface area contributed by atoms with E-state index in [9.17, 15) is 9.59 Å². The fraction of sp³-hybridized carbons (Fsp3) is 0.429. The van der Waals surface area contributed by atoms with Crippen molar-refractivity contribution >= 4 is 12.1 Å². The van der Waals surface area contributed by atoms with E-state index in [-0.39, 0.29) is 12.5 Å². The molecule has 0 spiro atoms. The summed E-state index contributed by atoms with van der Waals surface area (Å²) in [6.45, 7) is 0.688. The SMILES string of the molecule is O=C(O)[C@@H]1[C@H]2CC2CN1C(=O)OCc1ccccc1. The lowest BCUT2D eigenvalue weighted by molar-refractivity contribution is -0.142. The van der Waals surface area contributed by atoms with E-state index in [1.807, 2.05) is 30.3 Å². The van der Waals surface area contributed by atoms with Crippen molar-refractivity contribution in [3.05, 3.63) is 35.9 Å². The minimum atomic E-state index is -0.929. The number of fused-ring (bicyclic) bond motifs is 1. The second-order valence-electron chi connectivity index (χ2n) is 5.14. The first-order chi connectivity index (χ1) is 9.16. The first-order valence-corrected chi connectivity index (χ1v) is 6.37. The summed E-state index contributed by atoms with van der Waals surface area (Å²) < 4.78 is 5.18. The summed E-state index contributed by atoms with van der Waals surface area (Å²) in [5.41, 5.74) is 0.895. The van der Waals surface area contributed by atoms with Crippen molar-refractivity contribution in [2.75, 3.05) is 6.54 Å². The number of nitrogens with zero attached hydrogens (tertiary/aromatic N) is 1. The Kier molecular flexibility index (Phi) is 2.89. The van der Waals surface area contributed by atoms with Gasteiger partial charge in [0.05, 0.1) is 0 Å². The zero-order chi connectivity index (χ0) is 13.4. The molecule has 1 heterocycles. The van der Waals surface area contributed by atoms with Crippen LogP contribution in [0.5, 0.6) is 0 Å². The molecule has 0 aromatic heterocycles. The van der Waals surface area contributed by atoms with Gasteiger partial charge in [-0.05, 0) is 23.8 Å². The summed E-state index contributed by atoms with van der Waals surface area (Å²) in [5.74, 6) is -0.450. The van der Waals surface area contributed by atoms with E-state index in [1.54, 1.807) is 0 Å². The molecule has 0 radical (unpaired) electrons. The molecular weight excluding hydrogens is 246 g/mol. The van der Waals surface area contributed by atoms with Gasteiger partial charge in [0.2, 0.25) is 0 Å². The molecule has 1 amide bonds. The van der Waals surface area contributed by atoms with E-state index in [0.717, 1.165) is 12.0 Å². The third-order valence-electron chi connectivity index (χ3n) is 3.84.